The Hall–Kier alpha value is -1.92. The first-order valence-electron chi connectivity index (χ1n) is 8.64. The summed E-state index contributed by atoms with van der Waals surface area (Å²) in [5.74, 6) is -1.72. The molecule has 2 aliphatic heterocycles. The molecule has 0 amide bonds. The number of ether oxygens (including phenoxy) is 3. The summed E-state index contributed by atoms with van der Waals surface area (Å²) in [6, 6.07) is 5.61. The Balaban J connectivity index is 1.82. The minimum Gasteiger partial charge on any atom is -0.545 e. The molecule has 0 unspecified atom stereocenters. The third-order valence-electron chi connectivity index (χ3n) is 5.66. The summed E-state index contributed by atoms with van der Waals surface area (Å²) in [4.78, 5) is 23.5. The Morgan fingerprint density at radius 1 is 1.00 bits per heavy atom. The molecule has 6 nitrogen and oxygen atoms in total. The largest absolute Gasteiger partial charge is 0.545 e. The molecule has 6 heteroatoms. The molecular formula is C19H23O6-. The summed E-state index contributed by atoms with van der Waals surface area (Å²) in [5, 5.41) is 10.8. The second-order valence-electron chi connectivity index (χ2n) is 7.07. The first-order chi connectivity index (χ1) is 12.0. The molecule has 0 atom stereocenters. The number of carboxylic acids is 1. The van der Waals surface area contributed by atoms with Crippen molar-refractivity contribution < 1.29 is 28.9 Å². The highest BCUT2D eigenvalue weighted by Crippen LogP contribution is 2.49. The predicted octanol–water partition coefficient (Wildman–Crippen LogP) is 1.43. The summed E-state index contributed by atoms with van der Waals surface area (Å²) in [6.07, 6.45) is 1.43. The van der Waals surface area contributed by atoms with Crippen LogP contribution in [0.1, 0.15) is 47.4 Å². The molecule has 0 saturated carbocycles. The van der Waals surface area contributed by atoms with Crippen LogP contribution in [-0.2, 0) is 14.2 Å². The van der Waals surface area contributed by atoms with Crippen LogP contribution in [0.5, 0.6) is 0 Å². The van der Waals surface area contributed by atoms with Crippen molar-refractivity contribution in [2.24, 2.45) is 10.8 Å². The molecule has 1 aromatic carbocycles. The summed E-state index contributed by atoms with van der Waals surface area (Å²) in [6.45, 7) is 6.47. The summed E-state index contributed by atoms with van der Waals surface area (Å²) in [7, 11) is 0. The van der Waals surface area contributed by atoms with Crippen molar-refractivity contribution in [3.8, 4) is 0 Å². The molecule has 2 fully saturated rings. The SMILES string of the molecule is CCC1(C(OC(=O)c2ccc(C(=O)[O-])cc2)C2(CC)COC2)COC1. The lowest BCUT2D eigenvalue weighted by molar-refractivity contribution is -0.258. The van der Waals surface area contributed by atoms with Crippen LogP contribution in [0.2, 0.25) is 0 Å². The van der Waals surface area contributed by atoms with Gasteiger partial charge in [0, 0.05) is 0 Å². The van der Waals surface area contributed by atoms with Crippen LogP contribution in [-0.4, -0.2) is 44.5 Å². The van der Waals surface area contributed by atoms with Crippen LogP contribution in [0.25, 0.3) is 0 Å². The fourth-order valence-corrected chi connectivity index (χ4v) is 3.63. The zero-order valence-corrected chi connectivity index (χ0v) is 14.6. The summed E-state index contributed by atoms with van der Waals surface area (Å²) < 4.78 is 16.9. The quantitative estimate of drug-likeness (QED) is 0.694. The number of carbonyl (C=O) groups is 2. The van der Waals surface area contributed by atoms with Crippen molar-refractivity contribution in [2.45, 2.75) is 32.8 Å². The minimum absolute atomic E-state index is 0.0305. The van der Waals surface area contributed by atoms with E-state index in [2.05, 4.69) is 13.8 Å². The van der Waals surface area contributed by atoms with Gasteiger partial charge in [-0.05, 0) is 30.5 Å². The maximum Gasteiger partial charge on any atom is 0.338 e. The van der Waals surface area contributed by atoms with E-state index in [1.54, 1.807) is 0 Å². The van der Waals surface area contributed by atoms with E-state index in [0.717, 1.165) is 12.8 Å². The Morgan fingerprint density at radius 2 is 1.44 bits per heavy atom. The van der Waals surface area contributed by atoms with Crippen molar-refractivity contribution >= 4 is 11.9 Å². The van der Waals surface area contributed by atoms with Crippen LogP contribution >= 0.6 is 0 Å². The zero-order valence-electron chi connectivity index (χ0n) is 14.6. The normalized spacial score (nSPS) is 20.4. The maximum absolute atomic E-state index is 12.7. The van der Waals surface area contributed by atoms with Crippen LogP contribution < -0.4 is 5.11 Å². The highest BCUT2D eigenvalue weighted by atomic mass is 16.6. The van der Waals surface area contributed by atoms with Crippen LogP contribution in [0.15, 0.2) is 24.3 Å². The molecule has 0 bridgehead atoms. The van der Waals surface area contributed by atoms with Gasteiger partial charge in [0.05, 0.1) is 48.8 Å². The van der Waals surface area contributed by atoms with E-state index < -0.39 is 11.9 Å². The van der Waals surface area contributed by atoms with Crippen LogP contribution in [0.4, 0.5) is 0 Å². The number of hydrogen-bond donors (Lipinski definition) is 0. The third kappa shape index (κ3) is 3.04. The van der Waals surface area contributed by atoms with Gasteiger partial charge in [0.1, 0.15) is 6.10 Å². The van der Waals surface area contributed by atoms with Gasteiger partial charge in [0.25, 0.3) is 0 Å². The van der Waals surface area contributed by atoms with Crippen LogP contribution in [0, 0.1) is 10.8 Å². The minimum atomic E-state index is -1.27. The highest BCUT2D eigenvalue weighted by Gasteiger charge is 2.58. The number of esters is 1. The molecule has 0 aromatic heterocycles. The average molecular weight is 347 g/mol. The smallest absolute Gasteiger partial charge is 0.338 e. The van der Waals surface area contributed by atoms with Crippen LogP contribution in [0.3, 0.4) is 0 Å². The second kappa shape index (κ2) is 6.77. The van der Waals surface area contributed by atoms with Gasteiger partial charge in [-0.2, -0.15) is 0 Å². The fraction of sp³-hybridized carbons (Fsp3) is 0.579. The molecule has 0 aliphatic carbocycles. The van der Waals surface area contributed by atoms with Gasteiger partial charge < -0.3 is 24.1 Å². The lowest BCUT2D eigenvalue weighted by Crippen LogP contribution is -2.64. The second-order valence-corrected chi connectivity index (χ2v) is 7.07. The lowest BCUT2D eigenvalue weighted by atomic mass is 9.63. The molecule has 25 heavy (non-hydrogen) atoms. The number of aromatic carboxylic acids is 1. The first kappa shape index (κ1) is 17.9. The molecule has 2 saturated heterocycles. The molecule has 0 N–H and O–H groups in total. The number of carbonyl (C=O) groups excluding carboxylic acids is 2. The van der Waals surface area contributed by atoms with E-state index in [1.165, 1.54) is 24.3 Å². The van der Waals surface area contributed by atoms with Crippen molar-refractivity contribution in [1.29, 1.82) is 0 Å². The Labute approximate surface area is 147 Å². The fourth-order valence-electron chi connectivity index (χ4n) is 3.63. The predicted molar refractivity (Wildman–Crippen MR) is 87.1 cm³/mol. The standard InChI is InChI=1S/C19H24O6/c1-3-18(9-23-10-18)17(19(4-2)11-24-12-19)25-16(22)14-7-5-13(6-8-14)15(20)21/h5-8,17H,3-4,9-12H2,1-2H3,(H,20,21)/p-1. The van der Waals surface area contributed by atoms with E-state index in [4.69, 9.17) is 14.2 Å². The van der Waals surface area contributed by atoms with E-state index in [9.17, 15) is 14.7 Å². The lowest BCUT2D eigenvalue weighted by Gasteiger charge is -2.56. The van der Waals surface area contributed by atoms with Crippen molar-refractivity contribution in [1.82, 2.24) is 0 Å². The Morgan fingerprint density at radius 3 is 1.76 bits per heavy atom. The molecule has 136 valence electrons. The Kier molecular flexibility index (Phi) is 4.84. The van der Waals surface area contributed by atoms with E-state index in [0.29, 0.717) is 32.0 Å². The number of rotatable bonds is 7. The molecule has 3 rings (SSSR count). The monoisotopic (exact) mass is 347 g/mol. The van der Waals surface area contributed by atoms with Gasteiger partial charge in [-0.3, -0.25) is 0 Å². The summed E-state index contributed by atoms with van der Waals surface area (Å²) >= 11 is 0. The van der Waals surface area contributed by atoms with Gasteiger partial charge in [0.15, 0.2) is 0 Å². The number of hydrogen-bond acceptors (Lipinski definition) is 6. The van der Waals surface area contributed by atoms with Gasteiger partial charge in [-0.1, -0.05) is 26.0 Å². The molecule has 1 aromatic rings. The van der Waals surface area contributed by atoms with Gasteiger partial charge >= 0.3 is 5.97 Å². The third-order valence-corrected chi connectivity index (χ3v) is 5.66. The van der Waals surface area contributed by atoms with E-state index in [1.807, 2.05) is 0 Å². The summed E-state index contributed by atoms with van der Waals surface area (Å²) in [5.41, 5.74) is -0.00302. The van der Waals surface area contributed by atoms with Gasteiger partial charge in [-0.25, -0.2) is 4.79 Å². The Bertz CT molecular complexity index is 609. The highest BCUT2D eigenvalue weighted by molar-refractivity contribution is 5.92. The average Bonchev–Trinajstić information content (AvgIpc) is 2.53. The van der Waals surface area contributed by atoms with Gasteiger partial charge in [0.2, 0.25) is 0 Å². The van der Waals surface area contributed by atoms with Crippen molar-refractivity contribution in [3.63, 3.8) is 0 Å². The molecule has 0 spiro atoms. The van der Waals surface area contributed by atoms with Crippen molar-refractivity contribution in [2.75, 3.05) is 26.4 Å². The number of benzene rings is 1. The van der Waals surface area contributed by atoms with Crippen molar-refractivity contribution in [3.05, 3.63) is 35.4 Å². The molecular weight excluding hydrogens is 324 g/mol. The van der Waals surface area contributed by atoms with E-state index >= 15 is 0 Å². The molecule has 2 aliphatic rings. The zero-order chi connectivity index (χ0) is 18.1. The topological polar surface area (TPSA) is 84.9 Å². The first-order valence-corrected chi connectivity index (χ1v) is 8.64. The maximum atomic E-state index is 12.7. The van der Waals surface area contributed by atoms with E-state index in [-0.39, 0.29) is 22.5 Å². The molecule has 0 radical (unpaired) electrons. The van der Waals surface area contributed by atoms with Gasteiger partial charge in [-0.15, -0.1) is 0 Å². The molecule has 2 heterocycles. The number of carboxylic acid groups (broad SMARTS) is 1.